The smallest absolute Gasteiger partial charge is 0.260 e. The number of ether oxygens (including phenoxy) is 1. The van der Waals surface area contributed by atoms with Gasteiger partial charge in [0.25, 0.3) is 5.91 Å². The Morgan fingerprint density at radius 3 is 2.96 bits per heavy atom. The zero-order valence-corrected chi connectivity index (χ0v) is 15.3. The van der Waals surface area contributed by atoms with E-state index < -0.39 is 6.10 Å². The van der Waals surface area contributed by atoms with Crippen LogP contribution in [0.15, 0.2) is 22.7 Å². The Morgan fingerprint density at radius 1 is 1.52 bits per heavy atom. The molecule has 5 nitrogen and oxygen atoms in total. The summed E-state index contributed by atoms with van der Waals surface area (Å²) >= 11 is 9.23. The lowest BCUT2D eigenvalue weighted by Crippen LogP contribution is -2.38. The van der Waals surface area contributed by atoms with Gasteiger partial charge in [0, 0.05) is 31.1 Å². The number of nitrogens with zero attached hydrogens (tertiary/aromatic N) is 1. The van der Waals surface area contributed by atoms with Crippen molar-refractivity contribution >= 4 is 39.3 Å². The molecule has 2 rings (SSSR count). The molecule has 1 atom stereocenters. The number of hydrogen-bond acceptors (Lipinski definition) is 3. The number of halogens is 2. The molecule has 1 N–H and O–H groups in total. The molecule has 2 amide bonds. The predicted octanol–water partition coefficient (Wildman–Crippen LogP) is 3.00. The Balaban J connectivity index is 1.71. The first-order chi connectivity index (χ1) is 11.0. The summed E-state index contributed by atoms with van der Waals surface area (Å²) in [6.45, 7) is 3.74. The molecule has 1 saturated heterocycles. The van der Waals surface area contributed by atoms with E-state index in [4.69, 9.17) is 16.3 Å². The highest BCUT2D eigenvalue weighted by Crippen LogP contribution is 2.28. The van der Waals surface area contributed by atoms with Crippen molar-refractivity contribution in [2.75, 3.05) is 19.6 Å². The molecule has 126 valence electrons. The minimum absolute atomic E-state index is 0.181. The summed E-state index contributed by atoms with van der Waals surface area (Å²) in [5.74, 6) is 0.597. The second-order valence-corrected chi connectivity index (χ2v) is 6.75. The van der Waals surface area contributed by atoms with E-state index in [1.807, 2.05) is 4.90 Å². The fourth-order valence-corrected chi connectivity index (χ4v) is 3.16. The minimum atomic E-state index is -0.610. The molecule has 1 aliphatic rings. The van der Waals surface area contributed by atoms with Gasteiger partial charge in [0.05, 0.1) is 4.47 Å². The molecule has 0 spiro atoms. The van der Waals surface area contributed by atoms with Crippen LogP contribution in [0, 0.1) is 0 Å². The van der Waals surface area contributed by atoms with E-state index >= 15 is 0 Å². The van der Waals surface area contributed by atoms with Crippen LogP contribution in [-0.2, 0) is 9.59 Å². The van der Waals surface area contributed by atoms with E-state index in [1.54, 1.807) is 25.1 Å². The summed E-state index contributed by atoms with van der Waals surface area (Å²) in [5.41, 5.74) is 0. The summed E-state index contributed by atoms with van der Waals surface area (Å²) in [4.78, 5) is 25.3. The quantitative estimate of drug-likeness (QED) is 0.712. The highest BCUT2D eigenvalue weighted by molar-refractivity contribution is 9.10. The molecule has 0 aromatic heterocycles. The standard InChI is InChI=1S/C16H20BrClN2O3/c1-11(23-14-6-5-12(18)10-13(14)17)16(22)19-7-3-9-20-8-2-4-15(20)21/h5-6,10-11H,2-4,7-9H2,1H3,(H,19,22). The molecular weight excluding hydrogens is 384 g/mol. The van der Waals surface area contributed by atoms with E-state index in [2.05, 4.69) is 21.2 Å². The van der Waals surface area contributed by atoms with Crippen LogP contribution in [0.1, 0.15) is 26.2 Å². The maximum absolute atomic E-state index is 12.0. The number of likely N-dealkylation sites (tertiary alicyclic amines) is 1. The van der Waals surface area contributed by atoms with E-state index in [-0.39, 0.29) is 11.8 Å². The summed E-state index contributed by atoms with van der Waals surface area (Å²) in [7, 11) is 0. The Bertz CT molecular complexity index is 582. The Labute approximate surface area is 149 Å². The highest BCUT2D eigenvalue weighted by atomic mass is 79.9. The van der Waals surface area contributed by atoms with Gasteiger partial charge < -0.3 is 15.0 Å². The van der Waals surface area contributed by atoms with Crippen LogP contribution in [0.25, 0.3) is 0 Å². The molecule has 1 aliphatic heterocycles. The van der Waals surface area contributed by atoms with E-state index in [0.29, 0.717) is 34.8 Å². The molecule has 23 heavy (non-hydrogen) atoms. The van der Waals surface area contributed by atoms with Gasteiger partial charge >= 0.3 is 0 Å². The van der Waals surface area contributed by atoms with Gasteiger partial charge in [0.1, 0.15) is 5.75 Å². The summed E-state index contributed by atoms with van der Waals surface area (Å²) < 4.78 is 6.33. The minimum Gasteiger partial charge on any atom is -0.480 e. The first kappa shape index (κ1) is 18.1. The maximum atomic E-state index is 12.0. The van der Waals surface area contributed by atoms with Gasteiger partial charge in [-0.15, -0.1) is 0 Å². The normalized spacial score (nSPS) is 15.6. The van der Waals surface area contributed by atoms with Gasteiger partial charge in [-0.1, -0.05) is 11.6 Å². The number of nitrogens with one attached hydrogen (secondary N) is 1. The van der Waals surface area contributed by atoms with Gasteiger partial charge in [-0.2, -0.15) is 0 Å². The molecule has 1 fully saturated rings. The SMILES string of the molecule is CC(Oc1ccc(Cl)cc1Br)C(=O)NCCCN1CCCC1=O. The van der Waals surface area contributed by atoms with Crippen molar-refractivity contribution in [1.82, 2.24) is 10.2 Å². The molecule has 0 bridgehead atoms. The second kappa shape index (κ2) is 8.55. The average molecular weight is 404 g/mol. The molecule has 1 aromatic carbocycles. The average Bonchev–Trinajstić information content (AvgIpc) is 2.91. The van der Waals surface area contributed by atoms with Crippen LogP contribution in [0.5, 0.6) is 5.75 Å². The monoisotopic (exact) mass is 402 g/mol. The summed E-state index contributed by atoms with van der Waals surface area (Å²) in [5, 5.41) is 3.42. The first-order valence-electron chi connectivity index (χ1n) is 7.64. The van der Waals surface area contributed by atoms with Crippen LogP contribution >= 0.6 is 27.5 Å². The molecule has 0 saturated carbocycles. The zero-order valence-electron chi connectivity index (χ0n) is 13.0. The topological polar surface area (TPSA) is 58.6 Å². The van der Waals surface area contributed by atoms with Crippen LogP contribution < -0.4 is 10.1 Å². The van der Waals surface area contributed by atoms with Gasteiger partial charge in [-0.25, -0.2) is 0 Å². The van der Waals surface area contributed by atoms with Crippen molar-refractivity contribution in [3.63, 3.8) is 0 Å². The van der Waals surface area contributed by atoms with Gasteiger partial charge in [-0.3, -0.25) is 9.59 Å². The van der Waals surface area contributed by atoms with Crippen LogP contribution in [0.4, 0.5) is 0 Å². The Kier molecular flexibility index (Phi) is 6.72. The van der Waals surface area contributed by atoms with E-state index in [0.717, 1.165) is 19.4 Å². The lowest BCUT2D eigenvalue weighted by Gasteiger charge is -2.17. The summed E-state index contributed by atoms with van der Waals surface area (Å²) in [6.07, 6.45) is 1.72. The lowest BCUT2D eigenvalue weighted by atomic mass is 10.3. The van der Waals surface area contributed by atoms with Gasteiger partial charge in [0.2, 0.25) is 5.91 Å². The molecule has 0 aliphatic carbocycles. The van der Waals surface area contributed by atoms with Crippen molar-refractivity contribution in [3.8, 4) is 5.75 Å². The predicted molar refractivity (Wildman–Crippen MR) is 92.7 cm³/mol. The number of carbonyl (C=O) groups excluding carboxylic acids is 2. The second-order valence-electron chi connectivity index (χ2n) is 5.46. The first-order valence-corrected chi connectivity index (χ1v) is 8.81. The van der Waals surface area contributed by atoms with Crippen LogP contribution in [0.2, 0.25) is 5.02 Å². The van der Waals surface area contributed by atoms with Crippen molar-refractivity contribution in [2.45, 2.75) is 32.3 Å². The van der Waals surface area contributed by atoms with Gasteiger partial charge in [0.15, 0.2) is 6.10 Å². The Hall–Kier alpha value is -1.27. The number of benzene rings is 1. The fourth-order valence-electron chi connectivity index (χ4n) is 2.38. The molecule has 7 heteroatoms. The maximum Gasteiger partial charge on any atom is 0.260 e. The number of hydrogen-bond donors (Lipinski definition) is 1. The molecule has 0 radical (unpaired) electrons. The molecule has 1 unspecified atom stereocenters. The third-order valence-electron chi connectivity index (χ3n) is 3.64. The van der Waals surface area contributed by atoms with Crippen molar-refractivity contribution in [3.05, 3.63) is 27.7 Å². The molecule has 1 heterocycles. The van der Waals surface area contributed by atoms with E-state index in [9.17, 15) is 9.59 Å². The number of rotatable bonds is 7. The molecular formula is C16H20BrClN2O3. The Morgan fingerprint density at radius 2 is 2.30 bits per heavy atom. The largest absolute Gasteiger partial charge is 0.480 e. The van der Waals surface area contributed by atoms with Crippen LogP contribution in [0.3, 0.4) is 0 Å². The lowest BCUT2D eigenvalue weighted by molar-refractivity contribution is -0.127. The highest BCUT2D eigenvalue weighted by Gasteiger charge is 2.20. The van der Waals surface area contributed by atoms with Crippen molar-refractivity contribution in [2.24, 2.45) is 0 Å². The van der Waals surface area contributed by atoms with Crippen molar-refractivity contribution in [1.29, 1.82) is 0 Å². The van der Waals surface area contributed by atoms with Crippen LogP contribution in [-0.4, -0.2) is 42.5 Å². The summed E-state index contributed by atoms with van der Waals surface area (Å²) in [6, 6.07) is 5.14. The van der Waals surface area contributed by atoms with Gasteiger partial charge in [-0.05, 0) is 53.9 Å². The molecule has 1 aromatic rings. The third kappa shape index (κ3) is 5.39. The number of amides is 2. The van der Waals surface area contributed by atoms with Crippen molar-refractivity contribution < 1.29 is 14.3 Å². The number of carbonyl (C=O) groups is 2. The third-order valence-corrected chi connectivity index (χ3v) is 4.50. The fraction of sp³-hybridized carbons (Fsp3) is 0.500. The van der Waals surface area contributed by atoms with E-state index in [1.165, 1.54) is 0 Å². The zero-order chi connectivity index (χ0) is 16.8.